The number of unbranched alkanes of at least 4 members (excludes halogenated alkanes) is 15. The van der Waals surface area contributed by atoms with Gasteiger partial charge in [-0.1, -0.05) is 103 Å². The number of hydrogen-bond acceptors (Lipinski definition) is 2. The fourth-order valence-electron chi connectivity index (χ4n) is 3.17. The molecule has 24 heavy (non-hydrogen) atoms. The van der Waals surface area contributed by atoms with Crippen LogP contribution in [-0.4, -0.2) is 6.61 Å². The van der Waals surface area contributed by atoms with Crippen molar-refractivity contribution in [1.29, 1.82) is 0 Å². The van der Waals surface area contributed by atoms with E-state index in [1.54, 1.807) is 12.5 Å². The van der Waals surface area contributed by atoms with E-state index in [-0.39, 0.29) is 0 Å². The van der Waals surface area contributed by atoms with Gasteiger partial charge in [-0.05, 0) is 6.42 Å². The molecule has 0 bridgehead atoms. The molecule has 0 saturated heterocycles. The van der Waals surface area contributed by atoms with E-state index >= 15 is 0 Å². The Morgan fingerprint density at radius 2 is 1.12 bits per heavy atom. The van der Waals surface area contributed by atoms with Crippen LogP contribution in [0.15, 0.2) is 23.0 Å². The Balaban J connectivity index is 1.66. The third-order valence-corrected chi connectivity index (χ3v) is 4.76. The molecule has 2 nitrogen and oxygen atoms in total. The second-order valence-electron chi connectivity index (χ2n) is 7.11. The van der Waals surface area contributed by atoms with Crippen LogP contribution in [-0.2, 0) is 0 Å². The minimum atomic E-state index is 0.817. The van der Waals surface area contributed by atoms with Crippen LogP contribution in [0.5, 0.6) is 5.75 Å². The summed E-state index contributed by atoms with van der Waals surface area (Å²) in [5.41, 5.74) is 0. The molecule has 0 saturated carbocycles. The van der Waals surface area contributed by atoms with Gasteiger partial charge in [-0.2, -0.15) is 0 Å². The third-order valence-electron chi connectivity index (χ3n) is 4.76. The first-order valence-electron chi connectivity index (χ1n) is 10.6. The quantitative estimate of drug-likeness (QED) is 0.254. The number of ether oxygens (including phenoxy) is 1. The molecule has 0 aromatic carbocycles. The van der Waals surface area contributed by atoms with Crippen LogP contribution in [0.1, 0.15) is 110 Å². The summed E-state index contributed by atoms with van der Waals surface area (Å²) in [7, 11) is 0. The summed E-state index contributed by atoms with van der Waals surface area (Å²) in [6.07, 6.45) is 25.8. The summed E-state index contributed by atoms with van der Waals surface area (Å²) < 4.78 is 10.5. The Bertz CT molecular complexity index is 332. The standard InChI is InChI=1S/C22H40O2/c1-2-3-4-5-6-7-8-9-10-11-12-13-14-15-16-17-19-24-22-18-20-23-21-22/h18,20-21H,2-17,19H2,1H3. The van der Waals surface area contributed by atoms with Crippen LogP contribution in [0.4, 0.5) is 0 Å². The van der Waals surface area contributed by atoms with E-state index in [9.17, 15) is 0 Å². The number of furan rings is 1. The highest BCUT2D eigenvalue weighted by atomic mass is 16.5. The molecule has 1 aromatic heterocycles. The smallest absolute Gasteiger partial charge is 0.157 e. The molecule has 1 rings (SSSR count). The van der Waals surface area contributed by atoms with Crippen molar-refractivity contribution in [2.75, 3.05) is 6.61 Å². The second-order valence-corrected chi connectivity index (χ2v) is 7.11. The highest BCUT2D eigenvalue weighted by Crippen LogP contribution is 2.14. The molecule has 0 atom stereocenters. The van der Waals surface area contributed by atoms with Crippen molar-refractivity contribution in [2.45, 2.75) is 110 Å². The largest absolute Gasteiger partial charge is 0.490 e. The summed E-state index contributed by atoms with van der Waals surface area (Å²) >= 11 is 0. The van der Waals surface area contributed by atoms with E-state index in [4.69, 9.17) is 9.15 Å². The van der Waals surface area contributed by atoms with Gasteiger partial charge >= 0.3 is 0 Å². The molecule has 1 aromatic rings. The van der Waals surface area contributed by atoms with E-state index in [0.717, 1.165) is 18.8 Å². The van der Waals surface area contributed by atoms with E-state index in [0.29, 0.717) is 0 Å². The molecule has 0 amide bonds. The molecule has 0 aliphatic carbocycles. The average Bonchev–Trinajstić information content (AvgIpc) is 3.11. The van der Waals surface area contributed by atoms with Crippen LogP contribution in [0.25, 0.3) is 0 Å². The first-order valence-corrected chi connectivity index (χ1v) is 10.6. The highest BCUT2D eigenvalue weighted by Gasteiger charge is 1.96. The fourth-order valence-corrected chi connectivity index (χ4v) is 3.17. The summed E-state index contributed by atoms with van der Waals surface area (Å²) in [5, 5.41) is 0. The maximum Gasteiger partial charge on any atom is 0.157 e. The van der Waals surface area contributed by atoms with Crippen molar-refractivity contribution in [3.05, 3.63) is 18.6 Å². The lowest BCUT2D eigenvalue weighted by molar-refractivity contribution is 0.301. The molecule has 0 radical (unpaired) electrons. The minimum Gasteiger partial charge on any atom is -0.490 e. The van der Waals surface area contributed by atoms with Crippen LogP contribution >= 0.6 is 0 Å². The normalized spacial score (nSPS) is 11.0. The molecule has 140 valence electrons. The summed E-state index contributed by atoms with van der Waals surface area (Å²) in [6.45, 7) is 3.11. The van der Waals surface area contributed by atoms with Crippen molar-refractivity contribution < 1.29 is 9.15 Å². The van der Waals surface area contributed by atoms with Gasteiger partial charge in [0.1, 0.15) is 6.26 Å². The van der Waals surface area contributed by atoms with Crippen LogP contribution < -0.4 is 4.74 Å². The zero-order valence-electron chi connectivity index (χ0n) is 16.1. The lowest BCUT2D eigenvalue weighted by Crippen LogP contribution is -1.95. The Morgan fingerprint density at radius 3 is 1.54 bits per heavy atom. The Labute approximate surface area is 150 Å². The third kappa shape index (κ3) is 13.5. The minimum absolute atomic E-state index is 0.817. The van der Waals surface area contributed by atoms with Gasteiger partial charge in [-0.25, -0.2) is 0 Å². The molecule has 0 aliphatic heterocycles. The average molecular weight is 337 g/mol. The Kier molecular flexibility index (Phi) is 14.9. The van der Waals surface area contributed by atoms with Gasteiger partial charge in [-0.3, -0.25) is 0 Å². The predicted molar refractivity (Wildman–Crippen MR) is 104 cm³/mol. The zero-order valence-corrected chi connectivity index (χ0v) is 16.1. The lowest BCUT2D eigenvalue weighted by Gasteiger charge is -2.04. The molecule has 0 fully saturated rings. The van der Waals surface area contributed by atoms with Gasteiger partial charge in [0.2, 0.25) is 0 Å². The molecular weight excluding hydrogens is 296 g/mol. The first kappa shape index (κ1) is 21.1. The van der Waals surface area contributed by atoms with Gasteiger partial charge in [0.15, 0.2) is 5.75 Å². The molecule has 1 heterocycles. The van der Waals surface area contributed by atoms with Crippen molar-refractivity contribution in [3.8, 4) is 5.75 Å². The highest BCUT2D eigenvalue weighted by molar-refractivity contribution is 5.12. The van der Waals surface area contributed by atoms with Crippen molar-refractivity contribution >= 4 is 0 Å². The van der Waals surface area contributed by atoms with Crippen LogP contribution in [0, 0.1) is 0 Å². The van der Waals surface area contributed by atoms with Crippen LogP contribution in [0.2, 0.25) is 0 Å². The van der Waals surface area contributed by atoms with Gasteiger partial charge < -0.3 is 9.15 Å². The molecule has 0 spiro atoms. The van der Waals surface area contributed by atoms with Gasteiger partial charge in [0.25, 0.3) is 0 Å². The monoisotopic (exact) mass is 336 g/mol. The van der Waals surface area contributed by atoms with Crippen molar-refractivity contribution in [1.82, 2.24) is 0 Å². The molecule has 0 unspecified atom stereocenters. The SMILES string of the molecule is CCCCCCCCCCCCCCCCCCOc1ccoc1. The molecular formula is C22H40O2. The fraction of sp³-hybridized carbons (Fsp3) is 0.818. The summed E-state index contributed by atoms with van der Waals surface area (Å²) in [6, 6.07) is 1.87. The van der Waals surface area contributed by atoms with E-state index in [1.165, 1.54) is 96.3 Å². The zero-order chi connectivity index (χ0) is 17.1. The van der Waals surface area contributed by atoms with Gasteiger partial charge in [0.05, 0.1) is 12.9 Å². The summed E-state index contributed by atoms with van der Waals surface area (Å²) in [5.74, 6) is 0.857. The maximum atomic E-state index is 5.57. The number of rotatable bonds is 18. The van der Waals surface area contributed by atoms with Crippen molar-refractivity contribution in [2.24, 2.45) is 0 Å². The number of hydrogen-bond donors (Lipinski definition) is 0. The molecule has 0 aliphatic rings. The second kappa shape index (κ2) is 16.9. The molecule has 0 N–H and O–H groups in total. The van der Waals surface area contributed by atoms with Crippen LogP contribution in [0.3, 0.4) is 0 Å². The Hall–Kier alpha value is -0.920. The topological polar surface area (TPSA) is 22.4 Å². The Morgan fingerprint density at radius 1 is 0.667 bits per heavy atom. The van der Waals surface area contributed by atoms with Gasteiger partial charge in [-0.15, -0.1) is 0 Å². The van der Waals surface area contributed by atoms with Gasteiger partial charge in [0, 0.05) is 6.07 Å². The van der Waals surface area contributed by atoms with E-state index in [1.807, 2.05) is 6.07 Å². The predicted octanol–water partition coefficient (Wildman–Crippen LogP) is 7.92. The van der Waals surface area contributed by atoms with Crippen molar-refractivity contribution in [3.63, 3.8) is 0 Å². The summed E-state index contributed by atoms with van der Waals surface area (Å²) in [4.78, 5) is 0. The van der Waals surface area contributed by atoms with E-state index < -0.39 is 0 Å². The molecule has 2 heteroatoms. The first-order chi connectivity index (χ1) is 11.9. The lowest BCUT2D eigenvalue weighted by atomic mass is 10.0. The maximum absolute atomic E-state index is 5.57. The van der Waals surface area contributed by atoms with E-state index in [2.05, 4.69) is 6.92 Å².